The fourth-order valence-electron chi connectivity index (χ4n) is 4.89. The molecule has 1 amide bonds. The molecule has 1 aromatic rings. The van der Waals surface area contributed by atoms with Gasteiger partial charge in [-0.05, 0) is 51.4 Å². The van der Waals surface area contributed by atoms with Crippen molar-refractivity contribution in [1.29, 1.82) is 0 Å². The predicted octanol–water partition coefficient (Wildman–Crippen LogP) is 0.395. The minimum Gasteiger partial charge on any atom is -0.337 e. The van der Waals surface area contributed by atoms with Crippen molar-refractivity contribution in [3.63, 3.8) is 0 Å². The van der Waals surface area contributed by atoms with Crippen LogP contribution in [0.2, 0.25) is 0 Å². The molecule has 1 aromatic heterocycles. The van der Waals surface area contributed by atoms with Crippen molar-refractivity contribution < 1.29 is 13.2 Å². The van der Waals surface area contributed by atoms with Gasteiger partial charge in [0.2, 0.25) is 10.0 Å². The molecule has 0 aromatic carbocycles. The predicted molar refractivity (Wildman–Crippen MR) is 111 cm³/mol. The van der Waals surface area contributed by atoms with E-state index in [2.05, 4.69) is 4.90 Å². The van der Waals surface area contributed by atoms with Gasteiger partial charge >= 0.3 is 0 Å². The van der Waals surface area contributed by atoms with Crippen LogP contribution in [0.25, 0.3) is 0 Å². The average molecular weight is 423 g/mol. The maximum Gasteiger partial charge on any atom is 0.263 e. The topological polar surface area (TPSA) is 82.9 Å². The fourth-order valence-corrected chi connectivity index (χ4v) is 6.10. The van der Waals surface area contributed by atoms with Gasteiger partial charge in [-0.15, -0.1) is 0 Å². The first kappa shape index (κ1) is 20.6. The smallest absolute Gasteiger partial charge is 0.263 e. The van der Waals surface area contributed by atoms with E-state index in [0.29, 0.717) is 32.7 Å². The van der Waals surface area contributed by atoms with Gasteiger partial charge in [0, 0.05) is 50.9 Å². The second kappa shape index (κ2) is 7.85. The van der Waals surface area contributed by atoms with Gasteiger partial charge in [0.1, 0.15) is 5.56 Å². The summed E-state index contributed by atoms with van der Waals surface area (Å²) in [5, 5.41) is 0. The summed E-state index contributed by atoms with van der Waals surface area (Å²) < 4.78 is 28.0. The number of carbonyl (C=O) groups is 1. The Labute approximate surface area is 172 Å². The zero-order chi connectivity index (χ0) is 20.8. The van der Waals surface area contributed by atoms with Crippen LogP contribution in [0.5, 0.6) is 0 Å². The van der Waals surface area contributed by atoms with Crippen LogP contribution in [0, 0.1) is 5.92 Å². The van der Waals surface area contributed by atoms with Crippen LogP contribution in [0.1, 0.15) is 41.7 Å². The first-order valence-electron chi connectivity index (χ1n) is 10.5. The summed E-state index contributed by atoms with van der Waals surface area (Å²) in [6.07, 6.45) is 1.79. The Morgan fingerprint density at radius 1 is 1.10 bits per heavy atom. The van der Waals surface area contributed by atoms with Gasteiger partial charge in [-0.1, -0.05) is 0 Å². The van der Waals surface area contributed by atoms with E-state index in [1.165, 1.54) is 0 Å². The molecule has 0 saturated carbocycles. The van der Waals surface area contributed by atoms with Crippen molar-refractivity contribution in [3.8, 4) is 0 Å². The lowest BCUT2D eigenvalue weighted by Gasteiger charge is -2.42. The van der Waals surface area contributed by atoms with Crippen molar-refractivity contribution in [3.05, 3.63) is 33.7 Å². The highest BCUT2D eigenvalue weighted by molar-refractivity contribution is 7.89. The van der Waals surface area contributed by atoms with Gasteiger partial charge in [0.25, 0.3) is 11.5 Å². The van der Waals surface area contributed by atoms with Gasteiger partial charge in [-0.25, -0.2) is 12.7 Å². The lowest BCUT2D eigenvalue weighted by molar-refractivity contribution is 0.0759. The second-order valence-electron chi connectivity index (χ2n) is 8.55. The summed E-state index contributed by atoms with van der Waals surface area (Å²) in [5.41, 5.74) is 0.859. The highest BCUT2D eigenvalue weighted by Crippen LogP contribution is 2.36. The van der Waals surface area contributed by atoms with E-state index in [-0.39, 0.29) is 34.6 Å². The number of pyridine rings is 1. The minimum atomic E-state index is -3.24. The molecule has 3 aliphatic heterocycles. The highest BCUT2D eigenvalue weighted by Gasteiger charge is 2.39. The molecule has 4 rings (SSSR count). The van der Waals surface area contributed by atoms with E-state index in [1.807, 2.05) is 13.1 Å². The molecule has 2 saturated heterocycles. The second-order valence-corrected chi connectivity index (χ2v) is 10.8. The van der Waals surface area contributed by atoms with Crippen molar-refractivity contribution in [1.82, 2.24) is 18.7 Å². The number of aromatic nitrogens is 1. The Hall–Kier alpha value is -1.71. The van der Waals surface area contributed by atoms with Crippen LogP contribution in [0.15, 0.2) is 16.9 Å². The van der Waals surface area contributed by atoms with Crippen LogP contribution in [-0.2, 0) is 16.6 Å². The quantitative estimate of drug-likeness (QED) is 0.704. The van der Waals surface area contributed by atoms with Crippen LogP contribution in [0.3, 0.4) is 0 Å². The van der Waals surface area contributed by atoms with Crippen LogP contribution < -0.4 is 5.56 Å². The van der Waals surface area contributed by atoms with E-state index >= 15 is 0 Å². The molecule has 2 bridgehead atoms. The van der Waals surface area contributed by atoms with Gasteiger partial charge < -0.3 is 14.4 Å². The molecule has 160 valence electrons. The lowest BCUT2D eigenvalue weighted by Crippen LogP contribution is -2.50. The number of nitrogens with zero attached hydrogens (tertiary/aromatic N) is 4. The SMILES string of the molecule is CCS(=O)(=O)N1C[C@@H]2C[C@H](C1)c1ccc(C(=O)N3CCCN(C)CC3)c(=O)n1C2. The summed E-state index contributed by atoms with van der Waals surface area (Å²) in [7, 11) is -1.19. The third kappa shape index (κ3) is 3.87. The standard InChI is InChI=1S/C20H30N4O4S/c1-3-29(27,28)23-12-15-11-16(14-23)18-6-5-17(20(26)24(18)13-15)19(25)22-8-4-7-21(2)9-10-22/h5-6,15-16H,3-4,7-14H2,1-2H3/t15-,16+/m0/s1. The molecule has 0 spiro atoms. The molecule has 29 heavy (non-hydrogen) atoms. The molecule has 8 nitrogen and oxygen atoms in total. The average Bonchev–Trinajstić information content (AvgIpc) is 2.92. The molecule has 4 heterocycles. The van der Waals surface area contributed by atoms with Crippen molar-refractivity contribution in [2.24, 2.45) is 5.92 Å². The zero-order valence-electron chi connectivity index (χ0n) is 17.2. The molecule has 0 unspecified atom stereocenters. The lowest BCUT2D eigenvalue weighted by atomic mass is 9.84. The number of sulfonamides is 1. The van der Waals surface area contributed by atoms with Gasteiger partial charge in [0.15, 0.2) is 0 Å². The molecule has 0 radical (unpaired) electrons. The Morgan fingerprint density at radius 3 is 2.66 bits per heavy atom. The molecular formula is C20H30N4O4S. The number of fused-ring (bicyclic) bond motifs is 4. The highest BCUT2D eigenvalue weighted by atomic mass is 32.2. The van der Waals surface area contributed by atoms with E-state index in [4.69, 9.17) is 0 Å². The molecule has 2 atom stereocenters. The van der Waals surface area contributed by atoms with Crippen molar-refractivity contribution in [2.75, 3.05) is 52.1 Å². The zero-order valence-corrected chi connectivity index (χ0v) is 18.0. The molecular weight excluding hydrogens is 392 g/mol. The normalized spacial score (nSPS) is 26.1. The van der Waals surface area contributed by atoms with Gasteiger partial charge in [-0.3, -0.25) is 9.59 Å². The number of rotatable bonds is 3. The Kier molecular flexibility index (Phi) is 5.56. The van der Waals surface area contributed by atoms with E-state index in [9.17, 15) is 18.0 Å². The Balaban J connectivity index is 1.61. The van der Waals surface area contributed by atoms with Gasteiger partial charge in [-0.2, -0.15) is 0 Å². The Morgan fingerprint density at radius 2 is 1.90 bits per heavy atom. The first-order valence-corrected chi connectivity index (χ1v) is 12.1. The third-order valence-corrected chi connectivity index (χ3v) is 8.38. The van der Waals surface area contributed by atoms with Crippen molar-refractivity contribution >= 4 is 15.9 Å². The van der Waals surface area contributed by atoms with Crippen LogP contribution in [-0.4, -0.2) is 85.1 Å². The summed E-state index contributed by atoms with van der Waals surface area (Å²) in [4.78, 5) is 30.2. The minimum absolute atomic E-state index is 0.00696. The first-order chi connectivity index (χ1) is 13.8. The fraction of sp³-hybridized carbons (Fsp3) is 0.700. The van der Waals surface area contributed by atoms with E-state index in [1.54, 1.807) is 26.8 Å². The number of carbonyl (C=O) groups excluding carboxylic acids is 1. The number of hydrogen-bond donors (Lipinski definition) is 0. The summed E-state index contributed by atoms with van der Waals surface area (Å²) in [6.45, 7) is 6.07. The molecule has 0 aliphatic carbocycles. The molecule has 9 heteroatoms. The maximum absolute atomic E-state index is 13.2. The monoisotopic (exact) mass is 422 g/mol. The number of likely N-dealkylation sites (N-methyl/N-ethyl adjacent to an activating group) is 1. The summed E-state index contributed by atoms with van der Waals surface area (Å²) >= 11 is 0. The maximum atomic E-state index is 13.2. The molecule has 0 N–H and O–H groups in total. The summed E-state index contributed by atoms with van der Waals surface area (Å²) in [5.74, 6) is 0.0223. The van der Waals surface area contributed by atoms with Gasteiger partial charge in [0.05, 0.1) is 5.75 Å². The number of hydrogen-bond acceptors (Lipinski definition) is 5. The summed E-state index contributed by atoms with van der Waals surface area (Å²) in [6, 6.07) is 3.51. The third-order valence-electron chi connectivity index (χ3n) is 6.57. The molecule has 2 fully saturated rings. The van der Waals surface area contributed by atoms with Crippen LogP contribution >= 0.6 is 0 Å². The number of piperidine rings is 1. The largest absolute Gasteiger partial charge is 0.337 e. The van der Waals surface area contributed by atoms with Crippen molar-refractivity contribution in [2.45, 2.75) is 32.2 Å². The molecule has 3 aliphatic rings. The van der Waals surface area contributed by atoms with E-state index in [0.717, 1.165) is 31.6 Å². The Bertz CT molecular complexity index is 958. The van der Waals surface area contributed by atoms with E-state index < -0.39 is 10.0 Å². The number of amides is 1. The van der Waals surface area contributed by atoms with Crippen LogP contribution in [0.4, 0.5) is 0 Å².